The van der Waals surface area contributed by atoms with Crippen LogP contribution in [0.15, 0.2) is 34.9 Å². The number of thiazole rings is 1. The van der Waals surface area contributed by atoms with Gasteiger partial charge in [-0.05, 0) is 18.2 Å². The Morgan fingerprint density at radius 3 is 2.91 bits per heavy atom. The molecule has 1 fully saturated rings. The van der Waals surface area contributed by atoms with Crippen molar-refractivity contribution in [3.8, 4) is 10.6 Å². The zero-order chi connectivity index (χ0) is 16.4. The smallest absolute Gasteiger partial charge is 0.298 e. The van der Waals surface area contributed by atoms with Crippen molar-refractivity contribution < 1.29 is 18.0 Å². The Kier molecular flexibility index (Phi) is 4.40. The second-order valence-corrected chi connectivity index (χ2v) is 6.58. The van der Waals surface area contributed by atoms with Gasteiger partial charge in [0, 0.05) is 35.6 Å². The minimum Gasteiger partial charge on any atom is -0.298 e. The largest absolute Gasteiger partial charge is 0.471 e. The minimum absolute atomic E-state index is 0.0500. The van der Waals surface area contributed by atoms with Gasteiger partial charge < -0.3 is 0 Å². The molecule has 9 heteroatoms. The molecule has 2 aromatic rings. The van der Waals surface area contributed by atoms with Crippen LogP contribution < -0.4 is 0 Å². The lowest BCUT2D eigenvalue weighted by Gasteiger charge is -2.18. The molecule has 0 atom stereocenters. The third kappa shape index (κ3) is 3.56. The van der Waals surface area contributed by atoms with E-state index in [2.05, 4.69) is 9.97 Å². The number of rotatable bonds is 2. The second kappa shape index (κ2) is 6.32. The van der Waals surface area contributed by atoms with E-state index in [1.165, 1.54) is 29.2 Å². The molecule has 0 radical (unpaired) electrons. The van der Waals surface area contributed by atoms with Crippen molar-refractivity contribution in [2.45, 2.75) is 6.18 Å². The summed E-state index contributed by atoms with van der Waals surface area (Å²) in [6, 6.07) is 3.64. The van der Waals surface area contributed by atoms with Crippen LogP contribution in [0.5, 0.6) is 0 Å². The van der Waals surface area contributed by atoms with E-state index in [4.69, 9.17) is 0 Å². The van der Waals surface area contributed by atoms with E-state index >= 15 is 0 Å². The molecule has 1 saturated heterocycles. The Balaban J connectivity index is 1.84. The van der Waals surface area contributed by atoms with Gasteiger partial charge in [0.1, 0.15) is 5.01 Å². The van der Waals surface area contributed by atoms with Crippen LogP contribution in [0.4, 0.5) is 13.2 Å². The number of pyridine rings is 1. The van der Waals surface area contributed by atoms with Crippen LogP contribution in [0.1, 0.15) is 5.69 Å². The average molecular weight is 357 g/mol. The fourth-order valence-corrected chi connectivity index (χ4v) is 3.79. The summed E-state index contributed by atoms with van der Waals surface area (Å²) in [5.74, 6) is -1.40. The van der Waals surface area contributed by atoms with Crippen molar-refractivity contribution in [2.24, 2.45) is 0 Å². The number of aromatic nitrogens is 2. The predicted molar refractivity (Wildman–Crippen MR) is 83.5 cm³/mol. The molecule has 0 N–H and O–H groups in total. The van der Waals surface area contributed by atoms with E-state index in [-0.39, 0.29) is 11.6 Å². The van der Waals surface area contributed by atoms with Gasteiger partial charge in [-0.1, -0.05) is 0 Å². The molecule has 3 rings (SSSR count). The number of hydrogen-bond donors (Lipinski definition) is 0. The highest BCUT2D eigenvalue weighted by molar-refractivity contribution is 8.03. The SMILES string of the molecule is O=C(N1CCS/C1=C/c1csc(-c2cccnc2)n1)C(F)(F)F. The summed E-state index contributed by atoms with van der Waals surface area (Å²) in [4.78, 5) is 20.5. The molecule has 0 bridgehead atoms. The quantitative estimate of drug-likeness (QED) is 0.823. The van der Waals surface area contributed by atoms with Gasteiger partial charge >= 0.3 is 12.1 Å². The molecule has 1 aliphatic heterocycles. The standard InChI is InChI=1S/C14H10F3N3OS2/c15-14(16,17)13(21)20-4-5-22-11(20)6-10-8-23-12(19-10)9-2-1-3-18-7-9/h1-3,6-8H,4-5H2/b11-6+. The summed E-state index contributed by atoms with van der Waals surface area (Å²) in [6.45, 7) is 0.0500. The number of carbonyl (C=O) groups excluding carboxylic acids is 1. The molecule has 1 aliphatic rings. The number of alkyl halides is 3. The monoisotopic (exact) mass is 357 g/mol. The first-order valence-electron chi connectivity index (χ1n) is 6.54. The van der Waals surface area contributed by atoms with E-state index < -0.39 is 12.1 Å². The summed E-state index contributed by atoms with van der Waals surface area (Å²) in [5, 5.41) is 2.74. The molecular formula is C14H10F3N3OS2. The summed E-state index contributed by atoms with van der Waals surface area (Å²) in [7, 11) is 0. The zero-order valence-corrected chi connectivity index (χ0v) is 13.2. The topological polar surface area (TPSA) is 46.1 Å². The van der Waals surface area contributed by atoms with E-state index in [0.717, 1.165) is 15.5 Å². The van der Waals surface area contributed by atoms with Crippen molar-refractivity contribution in [1.82, 2.24) is 14.9 Å². The van der Waals surface area contributed by atoms with Crippen LogP contribution in [0.3, 0.4) is 0 Å². The number of nitrogens with zero attached hydrogens (tertiary/aromatic N) is 3. The Hall–Kier alpha value is -1.87. The van der Waals surface area contributed by atoms with E-state index in [1.807, 2.05) is 6.07 Å². The molecule has 0 saturated carbocycles. The van der Waals surface area contributed by atoms with Crippen molar-refractivity contribution in [3.05, 3.63) is 40.6 Å². The van der Waals surface area contributed by atoms with Crippen LogP contribution >= 0.6 is 23.1 Å². The molecule has 0 spiro atoms. The van der Waals surface area contributed by atoms with Gasteiger partial charge in [0.05, 0.1) is 10.7 Å². The fraction of sp³-hybridized carbons (Fsp3) is 0.214. The molecule has 0 aliphatic carbocycles. The molecule has 0 aromatic carbocycles. The highest BCUT2D eigenvalue weighted by Gasteiger charge is 2.44. The number of halogens is 3. The van der Waals surface area contributed by atoms with Crippen molar-refractivity contribution in [2.75, 3.05) is 12.3 Å². The molecule has 2 aromatic heterocycles. The lowest BCUT2D eigenvalue weighted by atomic mass is 10.3. The number of hydrogen-bond acceptors (Lipinski definition) is 5. The predicted octanol–water partition coefficient (Wildman–Crippen LogP) is 3.64. The number of amides is 1. The van der Waals surface area contributed by atoms with Gasteiger partial charge in [0.25, 0.3) is 0 Å². The second-order valence-electron chi connectivity index (χ2n) is 4.60. The van der Waals surface area contributed by atoms with E-state index in [9.17, 15) is 18.0 Å². The molecule has 1 amide bonds. The van der Waals surface area contributed by atoms with Crippen LogP contribution in [-0.2, 0) is 4.79 Å². The van der Waals surface area contributed by atoms with Crippen LogP contribution in [-0.4, -0.2) is 39.2 Å². The highest BCUT2D eigenvalue weighted by Crippen LogP contribution is 2.34. The van der Waals surface area contributed by atoms with Gasteiger partial charge in [0.15, 0.2) is 0 Å². The summed E-state index contributed by atoms with van der Waals surface area (Å²) in [5.41, 5.74) is 1.36. The van der Waals surface area contributed by atoms with E-state index in [1.54, 1.807) is 23.8 Å². The van der Waals surface area contributed by atoms with Crippen molar-refractivity contribution >= 4 is 35.1 Å². The molecule has 120 valence electrons. The number of thioether (sulfide) groups is 1. The van der Waals surface area contributed by atoms with Crippen LogP contribution in [0.25, 0.3) is 16.6 Å². The zero-order valence-electron chi connectivity index (χ0n) is 11.6. The molecule has 23 heavy (non-hydrogen) atoms. The van der Waals surface area contributed by atoms with E-state index in [0.29, 0.717) is 11.4 Å². The lowest BCUT2D eigenvalue weighted by molar-refractivity contribution is -0.182. The molecular weight excluding hydrogens is 347 g/mol. The van der Waals surface area contributed by atoms with Crippen molar-refractivity contribution in [3.63, 3.8) is 0 Å². The Bertz CT molecular complexity index is 743. The van der Waals surface area contributed by atoms with Gasteiger partial charge in [-0.2, -0.15) is 13.2 Å². The highest BCUT2D eigenvalue weighted by atomic mass is 32.2. The van der Waals surface area contributed by atoms with Gasteiger partial charge in [-0.3, -0.25) is 14.7 Å². The molecule has 3 heterocycles. The van der Waals surface area contributed by atoms with Crippen LogP contribution in [0.2, 0.25) is 0 Å². The Morgan fingerprint density at radius 1 is 1.39 bits per heavy atom. The molecule has 0 unspecified atom stereocenters. The normalized spacial score (nSPS) is 17.0. The third-order valence-electron chi connectivity index (χ3n) is 3.02. The van der Waals surface area contributed by atoms with Gasteiger partial charge in [-0.25, -0.2) is 4.98 Å². The summed E-state index contributed by atoms with van der Waals surface area (Å²) < 4.78 is 37.8. The first-order valence-corrected chi connectivity index (χ1v) is 8.41. The van der Waals surface area contributed by atoms with Crippen molar-refractivity contribution in [1.29, 1.82) is 0 Å². The first-order chi connectivity index (χ1) is 10.9. The lowest BCUT2D eigenvalue weighted by Crippen LogP contribution is -2.38. The number of carbonyl (C=O) groups is 1. The maximum atomic E-state index is 12.6. The summed E-state index contributed by atoms with van der Waals surface area (Å²) in [6.07, 6.45) is -0.0417. The molecule has 4 nitrogen and oxygen atoms in total. The average Bonchev–Trinajstić information content (AvgIpc) is 3.16. The van der Waals surface area contributed by atoms with Gasteiger partial charge in [0.2, 0.25) is 0 Å². The third-order valence-corrected chi connectivity index (χ3v) is 4.95. The van der Waals surface area contributed by atoms with Gasteiger partial charge in [-0.15, -0.1) is 23.1 Å². The first kappa shape index (κ1) is 16.0. The summed E-state index contributed by atoms with van der Waals surface area (Å²) >= 11 is 2.58. The maximum Gasteiger partial charge on any atom is 0.471 e. The Labute approximate surface area is 138 Å². The maximum absolute atomic E-state index is 12.6. The van der Waals surface area contributed by atoms with Crippen LogP contribution in [0, 0.1) is 0 Å². The fourth-order valence-electron chi connectivity index (χ4n) is 2.00. The Morgan fingerprint density at radius 2 is 2.22 bits per heavy atom. The minimum atomic E-state index is -4.87.